The van der Waals surface area contributed by atoms with Crippen molar-refractivity contribution < 1.29 is 5.11 Å². The average molecular weight is 141 g/mol. The Morgan fingerprint density at radius 1 is 1.30 bits per heavy atom. The molecule has 58 valence electrons. The standard InChI is InChI=1S/C8H15NO/c1-9(2)7-5-3-4-6-8(7)10/h3-4,7-8,10H,5-6H2,1-2H3/t7-,8-/m1/s1. The average Bonchev–Trinajstić information content (AvgIpc) is 1.88. The fraction of sp³-hybridized carbons (Fsp3) is 0.750. The Bertz CT molecular complexity index is 131. The third kappa shape index (κ3) is 1.58. The van der Waals surface area contributed by atoms with Crippen molar-refractivity contribution in [2.45, 2.75) is 25.0 Å². The molecule has 0 aromatic carbocycles. The van der Waals surface area contributed by atoms with Crippen LogP contribution in [0.4, 0.5) is 0 Å². The van der Waals surface area contributed by atoms with Gasteiger partial charge in [0.25, 0.3) is 0 Å². The molecule has 10 heavy (non-hydrogen) atoms. The minimum atomic E-state index is -0.167. The highest BCUT2D eigenvalue weighted by atomic mass is 16.3. The van der Waals surface area contributed by atoms with Crippen LogP contribution in [0.2, 0.25) is 0 Å². The molecule has 2 atom stereocenters. The fourth-order valence-corrected chi connectivity index (χ4v) is 1.34. The molecule has 1 N–H and O–H groups in total. The zero-order valence-electron chi connectivity index (χ0n) is 6.62. The van der Waals surface area contributed by atoms with E-state index in [1.807, 2.05) is 20.2 Å². The molecule has 0 heterocycles. The molecular weight excluding hydrogens is 126 g/mol. The van der Waals surface area contributed by atoms with E-state index in [2.05, 4.69) is 11.0 Å². The molecule has 2 nitrogen and oxygen atoms in total. The van der Waals surface area contributed by atoms with Gasteiger partial charge in [-0.25, -0.2) is 0 Å². The zero-order chi connectivity index (χ0) is 7.56. The highest BCUT2D eigenvalue weighted by molar-refractivity contribution is 4.97. The van der Waals surface area contributed by atoms with Gasteiger partial charge < -0.3 is 10.0 Å². The summed E-state index contributed by atoms with van der Waals surface area (Å²) in [5.41, 5.74) is 0. The fourth-order valence-electron chi connectivity index (χ4n) is 1.34. The third-order valence-corrected chi connectivity index (χ3v) is 2.03. The van der Waals surface area contributed by atoms with Crippen molar-refractivity contribution in [1.82, 2.24) is 4.90 Å². The van der Waals surface area contributed by atoms with Gasteiger partial charge in [-0.3, -0.25) is 0 Å². The van der Waals surface area contributed by atoms with E-state index >= 15 is 0 Å². The first-order valence-corrected chi connectivity index (χ1v) is 3.71. The van der Waals surface area contributed by atoms with Crippen LogP contribution in [0.15, 0.2) is 12.2 Å². The third-order valence-electron chi connectivity index (χ3n) is 2.03. The number of hydrogen-bond donors (Lipinski definition) is 1. The van der Waals surface area contributed by atoms with Gasteiger partial charge in [0, 0.05) is 6.04 Å². The highest BCUT2D eigenvalue weighted by Gasteiger charge is 2.20. The summed E-state index contributed by atoms with van der Waals surface area (Å²) >= 11 is 0. The van der Waals surface area contributed by atoms with Gasteiger partial charge >= 0.3 is 0 Å². The molecule has 0 aromatic heterocycles. The Morgan fingerprint density at radius 2 is 1.90 bits per heavy atom. The van der Waals surface area contributed by atoms with Crippen LogP contribution in [0.5, 0.6) is 0 Å². The first kappa shape index (κ1) is 7.76. The quantitative estimate of drug-likeness (QED) is 0.541. The number of aliphatic hydroxyl groups excluding tert-OH is 1. The number of nitrogens with zero attached hydrogens (tertiary/aromatic N) is 1. The SMILES string of the molecule is CN(C)[C@@H]1CC=CC[C@H]1O. The van der Waals surface area contributed by atoms with Crippen molar-refractivity contribution in [2.24, 2.45) is 0 Å². The Balaban J connectivity index is 2.51. The van der Waals surface area contributed by atoms with Crippen LogP contribution in [0.3, 0.4) is 0 Å². The largest absolute Gasteiger partial charge is 0.391 e. The van der Waals surface area contributed by atoms with Crippen LogP contribution in [-0.4, -0.2) is 36.2 Å². The predicted molar refractivity (Wildman–Crippen MR) is 41.9 cm³/mol. The van der Waals surface area contributed by atoms with Crippen LogP contribution in [0, 0.1) is 0 Å². The second-order valence-corrected chi connectivity index (χ2v) is 3.04. The van der Waals surface area contributed by atoms with E-state index in [0.717, 1.165) is 12.8 Å². The molecule has 1 rings (SSSR count). The number of rotatable bonds is 1. The second kappa shape index (κ2) is 3.17. The lowest BCUT2D eigenvalue weighted by Gasteiger charge is -2.29. The summed E-state index contributed by atoms with van der Waals surface area (Å²) in [4.78, 5) is 2.08. The number of likely N-dealkylation sites (N-methyl/N-ethyl adjacent to an activating group) is 1. The summed E-state index contributed by atoms with van der Waals surface area (Å²) in [6.45, 7) is 0. The highest BCUT2D eigenvalue weighted by Crippen LogP contribution is 2.15. The van der Waals surface area contributed by atoms with Crippen molar-refractivity contribution in [3.8, 4) is 0 Å². The molecule has 0 aromatic rings. The Kier molecular flexibility index (Phi) is 2.46. The first-order chi connectivity index (χ1) is 4.72. The van der Waals surface area contributed by atoms with Crippen molar-refractivity contribution >= 4 is 0 Å². The van der Waals surface area contributed by atoms with Crippen LogP contribution >= 0.6 is 0 Å². The molecule has 0 fully saturated rings. The predicted octanol–water partition coefficient (Wildman–Crippen LogP) is 0.627. The molecule has 0 spiro atoms. The summed E-state index contributed by atoms with van der Waals surface area (Å²) in [6.07, 6.45) is 5.80. The number of aliphatic hydroxyl groups is 1. The van der Waals surface area contributed by atoms with E-state index in [0.29, 0.717) is 6.04 Å². The zero-order valence-corrected chi connectivity index (χ0v) is 6.62. The van der Waals surface area contributed by atoms with Crippen molar-refractivity contribution in [2.75, 3.05) is 14.1 Å². The van der Waals surface area contributed by atoms with Gasteiger partial charge in [0.2, 0.25) is 0 Å². The lowest BCUT2D eigenvalue weighted by atomic mass is 9.98. The molecule has 2 heteroatoms. The first-order valence-electron chi connectivity index (χ1n) is 3.71. The molecule has 0 radical (unpaired) electrons. The van der Waals surface area contributed by atoms with Gasteiger partial charge in [0.15, 0.2) is 0 Å². The normalized spacial score (nSPS) is 33.2. The van der Waals surface area contributed by atoms with Gasteiger partial charge in [-0.05, 0) is 26.9 Å². The van der Waals surface area contributed by atoms with Crippen LogP contribution in [0.1, 0.15) is 12.8 Å². The van der Waals surface area contributed by atoms with Crippen molar-refractivity contribution in [3.05, 3.63) is 12.2 Å². The monoisotopic (exact) mass is 141 g/mol. The van der Waals surface area contributed by atoms with E-state index in [4.69, 9.17) is 0 Å². The van der Waals surface area contributed by atoms with Gasteiger partial charge in [-0.2, -0.15) is 0 Å². The molecule has 0 bridgehead atoms. The Morgan fingerprint density at radius 3 is 2.30 bits per heavy atom. The van der Waals surface area contributed by atoms with Crippen LogP contribution in [0.25, 0.3) is 0 Å². The molecule has 0 amide bonds. The summed E-state index contributed by atoms with van der Waals surface area (Å²) < 4.78 is 0. The molecule has 0 aliphatic heterocycles. The maximum Gasteiger partial charge on any atom is 0.0732 e. The molecule has 1 aliphatic rings. The summed E-state index contributed by atoms with van der Waals surface area (Å²) in [5, 5.41) is 9.45. The van der Waals surface area contributed by atoms with Gasteiger partial charge in [0.1, 0.15) is 0 Å². The smallest absolute Gasteiger partial charge is 0.0732 e. The van der Waals surface area contributed by atoms with Crippen LogP contribution < -0.4 is 0 Å². The number of hydrogen-bond acceptors (Lipinski definition) is 2. The van der Waals surface area contributed by atoms with Crippen molar-refractivity contribution in [3.63, 3.8) is 0 Å². The van der Waals surface area contributed by atoms with Gasteiger partial charge in [-0.15, -0.1) is 0 Å². The minimum absolute atomic E-state index is 0.167. The van der Waals surface area contributed by atoms with E-state index in [9.17, 15) is 5.11 Å². The van der Waals surface area contributed by atoms with E-state index in [-0.39, 0.29) is 6.10 Å². The lowest BCUT2D eigenvalue weighted by molar-refractivity contribution is 0.0748. The maximum absolute atomic E-state index is 9.45. The lowest BCUT2D eigenvalue weighted by Crippen LogP contribution is -2.39. The topological polar surface area (TPSA) is 23.5 Å². The molecule has 1 aliphatic carbocycles. The minimum Gasteiger partial charge on any atom is -0.391 e. The van der Waals surface area contributed by atoms with Gasteiger partial charge in [0.05, 0.1) is 6.10 Å². The van der Waals surface area contributed by atoms with E-state index < -0.39 is 0 Å². The molecule has 0 unspecified atom stereocenters. The summed E-state index contributed by atoms with van der Waals surface area (Å²) in [5.74, 6) is 0. The molecule has 0 saturated carbocycles. The van der Waals surface area contributed by atoms with Crippen LogP contribution in [-0.2, 0) is 0 Å². The van der Waals surface area contributed by atoms with Crippen molar-refractivity contribution in [1.29, 1.82) is 0 Å². The van der Waals surface area contributed by atoms with E-state index in [1.54, 1.807) is 0 Å². The van der Waals surface area contributed by atoms with E-state index in [1.165, 1.54) is 0 Å². The summed E-state index contributed by atoms with van der Waals surface area (Å²) in [7, 11) is 4.01. The molecule has 0 saturated heterocycles. The van der Waals surface area contributed by atoms with Gasteiger partial charge in [-0.1, -0.05) is 12.2 Å². The molecular formula is C8H15NO. The Hall–Kier alpha value is -0.340. The maximum atomic E-state index is 9.45. The Labute approximate surface area is 62.2 Å². The summed E-state index contributed by atoms with van der Waals surface area (Å²) in [6, 6.07) is 0.324. The second-order valence-electron chi connectivity index (χ2n) is 3.04.